The molecule has 3 rings (SSSR count). The summed E-state index contributed by atoms with van der Waals surface area (Å²) in [6.45, 7) is 4.16. The van der Waals surface area contributed by atoms with Gasteiger partial charge in [-0.15, -0.1) is 0 Å². The first-order chi connectivity index (χ1) is 13.2. The average molecular weight is 411 g/mol. The highest BCUT2D eigenvalue weighted by atomic mass is 32.2. The Bertz CT molecular complexity index is 1020. The molecular weight excluding hydrogens is 390 g/mol. The van der Waals surface area contributed by atoms with Gasteiger partial charge in [-0.1, -0.05) is 0 Å². The van der Waals surface area contributed by atoms with Crippen molar-refractivity contribution in [1.82, 2.24) is 28.8 Å². The molecule has 13 heteroatoms. The summed E-state index contributed by atoms with van der Waals surface area (Å²) in [6.07, 6.45) is 2.37. The maximum Gasteiger partial charge on any atom is 0.320 e. The van der Waals surface area contributed by atoms with E-state index in [2.05, 4.69) is 10.2 Å². The van der Waals surface area contributed by atoms with E-state index < -0.39 is 20.9 Å². The summed E-state index contributed by atoms with van der Waals surface area (Å²) in [5.41, 5.74) is 0.0841. The third-order valence-corrected chi connectivity index (χ3v) is 6.85. The average Bonchev–Trinajstić information content (AvgIpc) is 3.25. The summed E-state index contributed by atoms with van der Waals surface area (Å²) >= 11 is 0. The molecule has 0 aliphatic carbocycles. The van der Waals surface area contributed by atoms with Crippen LogP contribution >= 0.6 is 0 Å². The van der Waals surface area contributed by atoms with Crippen LogP contribution in [0.15, 0.2) is 17.3 Å². The van der Waals surface area contributed by atoms with Crippen molar-refractivity contribution in [1.29, 1.82) is 0 Å². The van der Waals surface area contributed by atoms with Crippen LogP contribution in [0.3, 0.4) is 0 Å². The van der Waals surface area contributed by atoms with Gasteiger partial charge in [-0.25, -0.2) is 8.42 Å². The molecule has 1 amide bonds. The lowest BCUT2D eigenvalue weighted by atomic mass is 10.2. The second-order valence-corrected chi connectivity index (χ2v) is 8.27. The van der Waals surface area contributed by atoms with Gasteiger partial charge in [0, 0.05) is 39.8 Å². The van der Waals surface area contributed by atoms with Gasteiger partial charge in [0.1, 0.15) is 11.1 Å². The van der Waals surface area contributed by atoms with Crippen molar-refractivity contribution in [3.8, 4) is 0 Å². The van der Waals surface area contributed by atoms with E-state index in [0.717, 1.165) is 6.20 Å². The Hall–Kier alpha value is -2.80. The highest BCUT2D eigenvalue weighted by molar-refractivity contribution is 7.89. The van der Waals surface area contributed by atoms with Crippen LogP contribution in [-0.4, -0.2) is 74.2 Å². The van der Waals surface area contributed by atoms with Crippen LogP contribution in [0.2, 0.25) is 0 Å². The van der Waals surface area contributed by atoms with E-state index in [1.165, 1.54) is 24.8 Å². The number of piperazine rings is 1. The van der Waals surface area contributed by atoms with Gasteiger partial charge < -0.3 is 4.90 Å². The molecule has 0 atom stereocenters. The monoisotopic (exact) mass is 411 g/mol. The van der Waals surface area contributed by atoms with Crippen LogP contribution < -0.4 is 0 Å². The summed E-state index contributed by atoms with van der Waals surface area (Å²) < 4.78 is 29.7. The lowest BCUT2D eigenvalue weighted by molar-refractivity contribution is -0.385. The maximum atomic E-state index is 12.8. The Balaban J connectivity index is 1.77. The van der Waals surface area contributed by atoms with Crippen molar-refractivity contribution >= 4 is 21.6 Å². The Kier molecular flexibility index (Phi) is 5.21. The number of carbonyl (C=O) groups excluding carboxylic acids is 1. The molecule has 0 bridgehead atoms. The number of sulfonamides is 1. The van der Waals surface area contributed by atoms with Gasteiger partial charge in [0.15, 0.2) is 0 Å². The van der Waals surface area contributed by atoms with Crippen molar-refractivity contribution in [2.75, 3.05) is 26.2 Å². The smallest absolute Gasteiger partial charge is 0.320 e. The number of hydrogen-bond acceptors (Lipinski definition) is 7. The van der Waals surface area contributed by atoms with Gasteiger partial charge in [0.2, 0.25) is 15.7 Å². The number of aryl methyl sites for hydroxylation is 2. The molecular formula is C15H21N7O5S. The van der Waals surface area contributed by atoms with Gasteiger partial charge in [-0.3, -0.25) is 24.3 Å². The third kappa shape index (κ3) is 3.26. The van der Waals surface area contributed by atoms with Crippen molar-refractivity contribution in [2.45, 2.75) is 25.3 Å². The first-order valence-electron chi connectivity index (χ1n) is 8.66. The number of amides is 1. The predicted molar refractivity (Wildman–Crippen MR) is 97.2 cm³/mol. The minimum Gasteiger partial charge on any atom is -0.334 e. The Morgan fingerprint density at radius 3 is 2.36 bits per heavy atom. The van der Waals surface area contributed by atoms with E-state index in [4.69, 9.17) is 0 Å². The van der Waals surface area contributed by atoms with Crippen LogP contribution in [0.25, 0.3) is 0 Å². The van der Waals surface area contributed by atoms with E-state index in [1.54, 1.807) is 20.9 Å². The summed E-state index contributed by atoms with van der Waals surface area (Å²) in [4.78, 5) is 24.9. The number of hydrogen-bond donors (Lipinski definition) is 0. The molecule has 1 fully saturated rings. The summed E-state index contributed by atoms with van der Waals surface area (Å²) in [5.74, 6) is -0.527. The molecule has 0 aromatic carbocycles. The number of nitrogens with zero attached hydrogens (tertiary/aromatic N) is 7. The second-order valence-electron chi connectivity index (χ2n) is 6.37. The van der Waals surface area contributed by atoms with E-state index in [9.17, 15) is 23.3 Å². The molecule has 0 unspecified atom stereocenters. The molecule has 1 aliphatic heterocycles. The van der Waals surface area contributed by atoms with Crippen LogP contribution in [0.1, 0.15) is 23.1 Å². The second kappa shape index (κ2) is 7.31. The first-order valence-corrected chi connectivity index (χ1v) is 10.1. The minimum absolute atomic E-state index is 0.0908. The molecule has 1 aliphatic rings. The van der Waals surface area contributed by atoms with Crippen molar-refractivity contribution in [2.24, 2.45) is 7.05 Å². The molecule has 0 saturated carbocycles. The van der Waals surface area contributed by atoms with Crippen LogP contribution in [0, 0.1) is 17.0 Å². The van der Waals surface area contributed by atoms with Gasteiger partial charge in [-0.05, 0) is 13.8 Å². The van der Waals surface area contributed by atoms with Gasteiger partial charge in [0.05, 0.1) is 16.8 Å². The standard InChI is InChI=1S/C15H21N7O5S/c1-4-21-14(12(9-17-21)22(24)25)15(23)19-5-7-20(8-6-19)28(26,27)13-10-16-18(3)11(13)2/h9-10H,4-8H2,1-3H3. The van der Waals surface area contributed by atoms with Crippen LogP contribution in [0.4, 0.5) is 5.69 Å². The predicted octanol–water partition coefficient (Wildman–Crippen LogP) is -0.000180. The van der Waals surface area contributed by atoms with Crippen molar-refractivity contribution in [3.05, 3.63) is 33.9 Å². The topological polar surface area (TPSA) is 136 Å². The van der Waals surface area contributed by atoms with Crippen LogP contribution in [0.5, 0.6) is 0 Å². The number of carbonyl (C=O) groups is 1. The molecule has 3 heterocycles. The molecule has 12 nitrogen and oxygen atoms in total. The van der Waals surface area contributed by atoms with Crippen molar-refractivity contribution in [3.63, 3.8) is 0 Å². The van der Waals surface area contributed by atoms with E-state index >= 15 is 0 Å². The molecule has 0 radical (unpaired) electrons. The number of aromatic nitrogens is 4. The molecule has 28 heavy (non-hydrogen) atoms. The molecule has 0 N–H and O–H groups in total. The zero-order valence-electron chi connectivity index (χ0n) is 15.8. The molecule has 152 valence electrons. The SMILES string of the molecule is CCn1ncc([N+](=O)[O-])c1C(=O)N1CCN(S(=O)(=O)c2cnn(C)c2C)CC1. The molecule has 2 aromatic rings. The van der Waals surface area contributed by atoms with Gasteiger partial charge in [0.25, 0.3) is 5.91 Å². The van der Waals surface area contributed by atoms with E-state index in [-0.39, 0.29) is 42.5 Å². The highest BCUT2D eigenvalue weighted by Crippen LogP contribution is 2.23. The Labute approximate surface area is 161 Å². The Morgan fingerprint density at radius 2 is 1.86 bits per heavy atom. The first kappa shape index (κ1) is 19.9. The van der Waals surface area contributed by atoms with E-state index in [0.29, 0.717) is 12.2 Å². The van der Waals surface area contributed by atoms with E-state index in [1.807, 2.05) is 0 Å². The van der Waals surface area contributed by atoms with Crippen molar-refractivity contribution < 1.29 is 18.1 Å². The minimum atomic E-state index is -3.72. The van der Waals surface area contributed by atoms with Gasteiger partial charge in [-0.2, -0.15) is 14.5 Å². The number of rotatable bonds is 5. The largest absolute Gasteiger partial charge is 0.334 e. The lowest BCUT2D eigenvalue weighted by Crippen LogP contribution is -2.50. The zero-order valence-corrected chi connectivity index (χ0v) is 16.6. The molecule has 0 spiro atoms. The summed E-state index contributed by atoms with van der Waals surface area (Å²) in [5, 5.41) is 19.1. The highest BCUT2D eigenvalue weighted by Gasteiger charge is 2.35. The molecule has 2 aromatic heterocycles. The third-order valence-electron chi connectivity index (χ3n) is 4.85. The fraction of sp³-hybridized carbons (Fsp3) is 0.533. The summed E-state index contributed by atoms with van der Waals surface area (Å²) in [7, 11) is -2.06. The van der Waals surface area contributed by atoms with Crippen LogP contribution in [-0.2, 0) is 23.6 Å². The fourth-order valence-electron chi connectivity index (χ4n) is 3.12. The quantitative estimate of drug-likeness (QED) is 0.499. The molecule has 1 saturated heterocycles. The normalized spacial score (nSPS) is 15.8. The van der Waals surface area contributed by atoms with Gasteiger partial charge >= 0.3 is 5.69 Å². The summed E-state index contributed by atoms with van der Waals surface area (Å²) in [6, 6.07) is 0. The fourth-order valence-corrected chi connectivity index (χ4v) is 4.73. The number of nitro groups is 1. The lowest BCUT2D eigenvalue weighted by Gasteiger charge is -2.33. The Morgan fingerprint density at radius 1 is 1.21 bits per heavy atom. The maximum absolute atomic E-state index is 12.8. The zero-order chi connectivity index (χ0) is 20.6.